The molecular weight excluding hydrogens is 297 g/mol. The third kappa shape index (κ3) is 2.07. The van der Waals surface area contributed by atoms with E-state index in [0.717, 1.165) is 4.47 Å². The molecule has 0 saturated heterocycles. The zero-order chi connectivity index (χ0) is 11.7. The number of hydrogen-bond acceptors (Lipinski definition) is 3. The van der Waals surface area contributed by atoms with E-state index in [9.17, 15) is 4.79 Å². The number of carbonyl (C=O) groups is 1. The second-order valence-electron chi connectivity index (χ2n) is 2.95. The van der Waals surface area contributed by atoms with Gasteiger partial charge >= 0.3 is 5.97 Å². The summed E-state index contributed by atoms with van der Waals surface area (Å²) in [5, 5.41) is 16.5. The summed E-state index contributed by atoms with van der Waals surface area (Å²) in [7, 11) is 0. The summed E-state index contributed by atoms with van der Waals surface area (Å²) >= 11 is 9.16. The van der Waals surface area contributed by atoms with Crippen LogP contribution in [0.3, 0.4) is 0 Å². The Kier molecular flexibility index (Phi) is 2.93. The van der Waals surface area contributed by atoms with Crippen LogP contribution in [0.15, 0.2) is 28.9 Å². The van der Waals surface area contributed by atoms with Gasteiger partial charge in [-0.25, -0.2) is 9.48 Å². The summed E-state index contributed by atoms with van der Waals surface area (Å²) in [5.74, 6) is -1.12. The van der Waals surface area contributed by atoms with Crippen LogP contribution in [0, 0.1) is 0 Å². The lowest BCUT2D eigenvalue weighted by molar-refractivity contribution is 0.0690. The fraction of sp³-hybridized carbons (Fsp3) is 0. The first-order valence-electron chi connectivity index (χ1n) is 4.19. The maximum Gasteiger partial charge on any atom is 0.358 e. The van der Waals surface area contributed by atoms with E-state index in [4.69, 9.17) is 16.7 Å². The Morgan fingerprint density at radius 3 is 2.88 bits per heavy atom. The van der Waals surface area contributed by atoms with Crippen LogP contribution in [0.2, 0.25) is 5.02 Å². The maximum atomic E-state index is 10.6. The fourth-order valence-electron chi connectivity index (χ4n) is 1.14. The minimum Gasteiger partial charge on any atom is -0.476 e. The van der Waals surface area contributed by atoms with Gasteiger partial charge in [-0.05, 0) is 34.1 Å². The normalized spacial score (nSPS) is 10.4. The quantitative estimate of drug-likeness (QED) is 0.925. The van der Waals surface area contributed by atoms with Crippen molar-refractivity contribution in [1.82, 2.24) is 15.0 Å². The highest BCUT2D eigenvalue weighted by Gasteiger charge is 2.11. The summed E-state index contributed by atoms with van der Waals surface area (Å²) in [6, 6.07) is 5.12. The number of benzene rings is 1. The van der Waals surface area contributed by atoms with Gasteiger partial charge in [0.1, 0.15) is 0 Å². The first kappa shape index (κ1) is 11.1. The highest BCUT2D eigenvalue weighted by molar-refractivity contribution is 9.10. The molecule has 1 N–H and O–H groups in total. The number of rotatable bonds is 2. The highest BCUT2D eigenvalue weighted by atomic mass is 79.9. The number of carboxylic acid groups (broad SMARTS) is 1. The Balaban J connectivity index is 2.50. The Labute approximate surface area is 104 Å². The van der Waals surface area contributed by atoms with Crippen LogP contribution in [0.5, 0.6) is 0 Å². The van der Waals surface area contributed by atoms with Crippen molar-refractivity contribution in [3.05, 3.63) is 39.6 Å². The molecule has 0 aliphatic carbocycles. The van der Waals surface area contributed by atoms with Crippen LogP contribution < -0.4 is 0 Å². The monoisotopic (exact) mass is 301 g/mol. The summed E-state index contributed by atoms with van der Waals surface area (Å²) in [4.78, 5) is 10.6. The third-order valence-electron chi connectivity index (χ3n) is 1.87. The van der Waals surface area contributed by atoms with Crippen LogP contribution in [0.4, 0.5) is 0 Å². The number of nitrogens with zero attached hydrogens (tertiary/aromatic N) is 3. The second kappa shape index (κ2) is 4.23. The highest BCUT2D eigenvalue weighted by Crippen LogP contribution is 2.24. The Morgan fingerprint density at radius 1 is 1.50 bits per heavy atom. The molecule has 1 aromatic heterocycles. The van der Waals surface area contributed by atoms with Crippen molar-refractivity contribution in [1.29, 1.82) is 0 Å². The summed E-state index contributed by atoms with van der Waals surface area (Å²) in [5.41, 5.74) is 0.513. The van der Waals surface area contributed by atoms with Crippen LogP contribution in [-0.4, -0.2) is 26.1 Å². The Morgan fingerprint density at radius 2 is 2.25 bits per heavy atom. The molecule has 16 heavy (non-hydrogen) atoms. The van der Waals surface area contributed by atoms with Crippen molar-refractivity contribution in [3.8, 4) is 5.69 Å². The average molecular weight is 303 g/mol. The Bertz CT molecular complexity index is 555. The van der Waals surface area contributed by atoms with E-state index >= 15 is 0 Å². The molecular formula is C9H5BrClN3O2. The molecule has 0 bridgehead atoms. The molecule has 2 rings (SSSR count). The van der Waals surface area contributed by atoms with Crippen LogP contribution in [0.25, 0.3) is 5.69 Å². The van der Waals surface area contributed by atoms with E-state index in [0.29, 0.717) is 10.7 Å². The van der Waals surface area contributed by atoms with Crippen molar-refractivity contribution >= 4 is 33.5 Å². The number of hydrogen-bond donors (Lipinski definition) is 1. The van der Waals surface area contributed by atoms with Gasteiger partial charge in [0.15, 0.2) is 5.69 Å². The van der Waals surface area contributed by atoms with Gasteiger partial charge < -0.3 is 5.11 Å². The summed E-state index contributed by atoms with van der Waals surface area (Å²) < 4.78 is 2.10. The van der Waals surface area contributed by atoms with Gasteiger partial charge in [0.25, 0.3) is 0 Å². The van der Waals surface area contributed by atoms with Gasteiger partial charge in [-0.15, -0.1) is 5.10 Å². The molecule has 1 aromatic carbocycles. The van der Waals surface area contributed by atoms with E-state index in [1.807, 2.05) is 0 Å². The summed E-state index contributed by atoms with van der Waals surface area (Å²) in [6.45, 7) is 0. The average Bonchev–Trinajstić information content (AvgIpc) is 2.70. The van der Waals surface area contributed by atoms with Crippen LogP contribution in [0.1, 0.15) is 10.5 Å². The maximum absolute atomic E-state index is 10.6. The number of carboxylic acids is 1. The molecule has 0 fully saturated rings. The SMILES string of the molecule is O=C(O)c1cn(-c2cc(Cl)ccc2Br)nn1. The number of halogens is 2. The molecule has 5 nitrogen and oxygen atoms in total. The predicted octanol–water partition coefficient (Wildman–Crippen LogP) is 2.38. The standard InChI is InChI=1S/C9H5BrClN3O2/c10-6-2-1-5(11)3-8(6)14-4-7(9(15)16)12-13-14/h1-4H,(H,15,16). The Hall–Kier alpha value is -1.40. The number of aromatic carboxylic acids is 1. The van der Waals surface area contributed by atoms with Crippen molar-refractivity contribution in [2.24, 2.45) is 0 Å². The molecule has 82 valence electrons. The topological polar surface area (TPSA) is 68.0 Å². The van der Waals surface area contributed by atoms with E-state index in [1.54, 1.807) is 18.2 Å². The van der Waals surface area contributed by atoms with E-state index in [-0.39, 0.29) is 5.69 Å². The zero-order valence-corrected chi connectivity index (χ0v) is 10.1. The predicted molar refractivity (Wildman–Crippen MR) is 61.0 cm³/mol. The largest absolute Gasteiger partial charge is 0.476 e. The lowest BCUT2D eigenvalue weighted by atomic mass is 10.3. The van der Waals surface area contributed by atoms with Gasteiger partial charge in [0.05, 0.1) is 11.9 Å². The van der Waals surface area contributed by atoms with E-state index < -0.39 is 5.97 Å². The first-order chi connectivity index (χ1) is 7.58. The smallest absolute Gasteiger partial charge is 0.358 e. The molecule has 0 amide bonds. The molecule has 0 spiro atoms. The number of aromatic nitrogens is 3. The van der Waals surface area contributed by atoms with E-state index in [1.165, 1.54) is 10.9 Å². The van der Waals surface area contributed by atoms with Crippen molar-refractivity contribution < 1.29 is 9.90 Å². The van der Waals surface area contributed by atoms with Crippen molar-refractivity contribution in [2.45, 2.75) is 0 Å². The molecule has 2 aromatic rings. The first-order valence-corrected chi connectivity index (χ1v) is 5.36. The molecule has 0 atom stereocenters. The van der Waals surface area contributed by atoms with Crippen LogP contribution >= 0.6 is 27.5 Å². The molecule has 0 unspecified atom stereocenters. The zero-order valence-electron chi connectivity index (χ0n) is 7.76. The molecule has 7 heteroatoms. The van der Waals surface area contributed by atoms with Crippen molar-refractivity contribution in [3.63, 3.8) is 0 Å². The molecule has 0 aliphatic heterocycles. The van der Waals surface area contributed by atoms with Gasteiger partial charge in [-0.3, -0.25) is 0 Å². The lowest BCUT2D eigenvalue weighted by Crippen LogP contribution is -1.96. The van der Waals surface area contributed by atoms with Gasteiger partial charge in [-0.1, -0.05) is 16.8 Å². The van der Waals surface area contributed by atoms with Gasteiger partial charge in [-0.2, -0.15) is 0 Å². The molecule has 0 saturated carbocycles. The lowest BCUT2D eigenvalue weighted by Gasteiger charge is -2.03. The molecule has 0 radical (unpaired) electrons. The minimum absolute atomic E-state index is 0.119. The third-order valence-corrected chi connectivity index (χ3v) is 2.77. The van der Waals surface area contributed by atoms with Gasteiger partial charge in [0, 0.05) is 9.50 Å². The van der Waals surface area contributed by atoms with Gasteiger partial charge in [0.2, 0.25) is 0 Å². The van der Waals surface area contributed by atoms with Crippen molar-refractivity contribution in [2.75, 3.05) is 0 Å². The second-order valence-corrected chi connectivity index (χ2v) is 4.24. The molecule has 1 heterocycles. The molecule has 0 aliphatic rings. The fourth-order valence-corrected chi connectivity index (χ4v) is 1.74. The minimum atomic E-state index is -1.12. The summed E-state index contributed by atoms with van der Waals surface area (Å²) in [6.07, 6.45) is 1.32. The van der Waals surface area contributed by atoms with E-state index in [2.05, 4.69) is 26.2 Å². The van der Waals surface area contributed by atoms with Crippen LogP contribution in [-0.2, 0) is 0 Å².